The van der Waals surface area contributed by atoms with Gasteiger partial charge in [0.25, 0.3) is 5.91 Å². The van der Waals surface area contributed by atoms with Crippen LogP contribution in [0.3, 0.4) is 0 Å². The molecular formula is C14H17ClFNO2. The molecule has 1 amide bonds. The molecular weight excluding hydrogens is 269 g/mol. The van der Waals surface area contributed by atoms with Gasteiger partial charge in [-0.2, -0.15) is 0 Å². The van der Waals surface area contributed by atoms with Gasteiger partial charge in [-0.1, -0.05) is 11.6 Å². The van der Waals surface area contributed by atoms with Crippen LogP contribution in [0.2, 0.25) is 5.02 Å². The first kappa shape index (κ1) is 14.3. The molecule has 1 fully saturated rings. The molecule has 1 aromatic carbocycles. The summed E-state index contributed by atoms with van der Waals surface area (Å²) in [6.45, 7) is 3.63. The van der Waals surface area contributed by atoms with Crippen LogP contribution >= 0.6 is 11.6 Å². The molecule has 1 aliphatic rings. The summed E-state index contributed by atoms with van der Waals surface area (Å²) in [5, 5.41) is 0.359. The number of hydrogen-bond donors (Lipinski definition) is 0. The fourth-order valence-corrected chi connectivity index (χ4v) is 2.39. The second-order valence-electron chi connectivity index (χ2n) is 4.60. The molecule has 1 atom stereocenters. The van der Waals surface area contributed by atoms with Gasteiger partial charge in [-0.3, -0.25) is 4.79 Å². The minimum Gasteiger partial charge on any atom is -0.376 e. The number of carbonyl (C=O) groups is 1. The van der Waals surface area contributed by atoms with Crippen molar-refractivity contribution in [1.29, 1.82) is 0 Å². The van der Waals surface area contributed by atoms with Crippen molar-refractivity contribution in [2.75, 3.05) is 19.7 Å². The van der Waals surface area contributed by atoms with Crippen LogP contribution in [0.4, 0.5) is 4.39 Å². The number of hydrogen-bond acceptors (Lipinski definition) is 2. The molecule has 1 unspecified atom stereocenters. The standard InChI is InChI=1S/C14H17ClFNO2/c1-2-17(9-11-4-3-7-19-11)14(18)12-8-10(15)5-6-13(12)16/h5-6,8,11H,2-4,7,9H2,1H3. The van der Waals surface area contributed by atoms with Crippen LogP contribution in [-0.4, -0.2) is 36.6 Å². The summed E-state index contributed by atoms with van der Waals surface area (Å²) in [6, 6.07) is 4.02. The molecule has 19 heavy (non-hydrogen) atoms. The molecule has 1 aromatic rings. The van der Waals surface area contributed by atoms with E-state index in [1.165, 1.54) is 18.2 Å². The van der Waals surface area contributed by atoms with E-state index in [-0.39, 0.29) is 17.6 Å². The molecule has 0 aromatic heterocycles. The predicted molar refractivity (Wildman–Crippen MR) is 72.0 cm³/mol. The quantitative estimate of drug-likeness (QED) is 0.851. The maximum Gasteiger partial charge on any atom is 0.256 e. The topological polar surface area (TPSA) is 29.5 Å². The Bertz CT molecular complexity index is 461. The number of likely N-dealkylation sites (N-methyl/N-ethyl adjacent to an activating group) is 1. The summed E-state index contributed by atoms with van der Waals surface area (Å²) in [4.78, 5) is 13.9. The second-order valence-corrected chi connectivity index (χ2v) is 5.04. The highest BCUT2D eigenvalue weighted by molar-refractivity contribution is 6.31. The van der Waals surface area contributed by atoms with Crippen LogP contribution < -0.4 is 0 Å². The molecule has 0 aliphatic carbocycles. The van der Waals surface area contributed by atoms with Crippen LogP contribution in [0.5, 0.6) is 0 Å². The van der Waals surface area contributed by atoms with Crippen molar-refractivity contribution in [2.45, 2.75) is 25.9 Å². The fourth-order valence-electron chi connectivity index (χ4n) is 2.22. The first-order valence-electron chi connectivity index (χ1n) is 6.47. The van der Waals surface area contributed by atoms with E-state index < -0.39 is 5.82 Å². The number of amides is 1. The van der Waals surface area contributed by atoms with Gasteiger partial charge in [0.2, 0.25) is 0 Å². The Hall–Kier alpha value is -1.13. The zero-order valence-corrected chi connectivity index (χ0v) is 11.6. The summed E-state index contributed by atoms with van der Waals surface area (Å²) < 4.78 is 19.2. The van der Waals surface area contributed by atoms with E-state index in [0.717, 1.165) is 19.4 Å². The van der Waals surface area contributed by atoms with Crippen molar-refractivity contribution in [2.24, 2.45) is 0 Å². The number of halogens is 2. The molecule has 0 spiro atoms. The van der Waals surface area contributed by atoms with Gasteiger partial charge in [-0.05, 0) is 38.0 Å². The lowest BCUT2D eigenvalue weighted by Crippen LogP contribution is -2.37. The zero-order valence-electron chi connectivity index (χ0n) is 10.9. The first-order valence-corrected chi connectivity index (χ1v) is 6.85. The number of benzene rings is 1. The number of nitrogens with zero attached hydrogens (tertiary/aromatic N) is 1. The second kappa shape index (κ2) is 6.35. The van der Waals surface area contributed by atoms with E-state index in [4.69, 9.17) is 16.3 Å². The molecule has 1 saturated heterocycles. The van der Waals surface area contributed by atoms with Gasteiger partial charge in [0.05, 0.1) is 11.7 Å². The monoisotopic (exact) mass is 285 g/mol. The Labute approximate surface area is 117 Å². The van der Waals surface area contributed by atoms with E-state index in [0.29, 0.717) is 18.1 Å². The van der Waals surface area contributed by atoms with E-state index in [1.807, 2.05) is 6.92 Å². The maximum absolute atomic E-state index is 13.7. The Morgan fingerprint density at radius 3 is 3.00 bits per heavy atom. The highest BCUT2D eigenvalue weighted by atomic mass is 35.5. The van der Waals surface area contributed by atoms with Gasteiger partial charge in [0.1, 0.15) is 5.82 Å². The molecule has 3 nitrogen and oxygen atoms in total. The Morgan fingerprint density at radius 2 is 2.37 bits per heavy atom. The normalized spacial score (nSPS) is 18.6. The van der Waals surface area contributed by atoms with E-state index >= 15 is 0 Å². The van der Waals surface area contributed by atoms with Crippen LogP contribution in [0, 0.1) is 5.82 Å². The van der Waals surface area contributed by atoms with Crippen molar-refractivity contribution in [3.05, 3.63) is 34.6 Å². The molecule has 0 saturated carbocycles. The number of carbonyl (C=O) groups excluding carboxylic acids is 1. The highest BCUT2D eigenvalue weighted by Crippen LogP contribution is 2.19. The summed E-state index contributed by atoms with van der Waals surface area (Å²) >= 11 is 5.82. The van der Waals surface area contributed by atoms with E-state index in [1.54, 1.807) is 4.90 Å². The van der Waals surface area contributed by atoms with Crippen LogP contribution in [0.25, 0.3) is 0 Å². The van der Waals surface area contributed by atoms with Crippen LogP contribution in [-0.2, 0) is 4.74 Å². The maximum atomic E-state index is 13.7. The van der Waals surface area contributed by atoms with Crippen molar-refractivity contribution in [3.8, 4) is 0 Å². The molecule has 0 radical (unpaired) electrons. The molecule has 1 heterocycles. The molecule has 5 heteroatoms. The predicted octanol–water partition coefficient (Wildman–Crippen LogP) is 3.12. The average Bonchev–Trinajstić information content (AvgIpc) is 2.91. The Kier molecular flexibility index (Phi) is 4.77. The first-order chi connectivity index (χ1) is 9.11. The van der Waals surface area contributed by atoms with E-state index in [9.17, 15) is 9.18 Å². The van der Waals surface area contributed by atoms with Crippen LogP contribution in [0.15, 0.2) is 18.2 Å². The van der Waals surface area contributed by atoms with Gasteiger partial charge >= 0.3 is 0 Å². The molecule has 2 rings (SSSR count). The third-order valence-electron chi connectivity index (χ3n) is 3.28. The Balaban J connectivity index is 2.12. The minimum atomic E-state index is -0.541. The smallest absolute Gasteiger partial charge is 0.256 e. The van der Waals surface area contributed by atoms with Crippen molar-refractivity contribution in [3.63, 3.8) is 0 Å². The third-order valence-corrected chi connectivity index (χ3v) is 3.51. The van der Waals surface area contributed by atoms with Gasteiger partial charge in [0.15, 0.2) is 0 Å². The third kappa shape index (κ3) is 3.45. The summed E-state index contributed by atoms with van der Waals surface area (Å²) in [5.41, 5.74) is 0.0207. The Morgan fingerprint density at radius 1 is 1.58 bits per heavy atom. The van der Waals surface area contributed by atoms with Gasteiger partial charge in [0, 0.05) is 24.7 Å². The largest absolute Gasteiger partial charge is 0.376 e. The number of rotatable bonds is 4. The summed E-state index contributed by atoms with van der Waals surface area (Å²) in [7, 11) is 0. The van der Waals surface area contributed by atoms with Crippen molar-refractivity contribution < 1.29 is 13.9 Å². The van der Waals surface area contributed by atoms with Crippen molar-refractivity contribution in [1.82, 2.24) is 4.90 Å². The molecule has 104 valence electrons. The zero-order chi connectivity index (χ0) is 13.8. The molecule has 1 aliphatic heterocycles. The summed E-state index contributed by atoms with van der Waals surface area (Å²) in [6.07, 6.45) is 2.02. The van der Waals surface area contributed by atoms with Crippen molar-refractivity contribution >= 4 is 17.5 Å². The van der Waals surface area contributed by atoms with Gasteiger partial charge < -0.3 is 9.64 Å². The number of ether oxygens (including phenoxy) is 1. The lowest BCUT2D eigenvalue weighted by Gasteiger charge is -2.24. The lowest BCUT2D eigenvalue weighted by molar-refractivity contribution is 0.0535. The van der Waals surface area contributed by atoms with Gasteiger partial charge in [-0.15, -0.1) is 0 Å². The molecule has 0 bridgehead atoms. The fraction of sp³-hybridized carbons (Fsp3) is 0.500. The lowest BCUT2D eigenvalue weighted by atomic mass is 10.1. The van der Waals surface area contributed by atoms with Crippen LogP contribution in [0.1, 0.15) is 30.1 Å². The average molecular weight is 286 g/mol. The SMILES string of the molecule is CCN(CC1CCCO1)C(=O)c1cc(Cl)ccc1F. The molecule has 0 N–H and O–H groups in total. The summed E-state index contributed by atoms with van der Waals surface area (Å²) in [5.74, 6) is -0.877. The van der Waals surface area contributed by atoms with E-state index in [2.05, 4.69) is 0 Å². The highest BCUT2D eigenvalue weighted by Gasteiger charge is 2.24. The minimum absolute atomic E-state index is 0.0207. The van der Waals surface area contributed by atoms with Gasteiger partial charge in [-0.25, -0.2) is 4.39 Å².